The summed E-state index contributed by atoms with van der Waals surface area (Å²) in [4.78, 5) is 13.3. The molecule has 0 spiro atoms. The second-order valence-electron chi connectivity index (χ2n) is 9.27. The second kappa shape index (κ2) is 7.66. The van der Waals surface area contributed by atoms with Gasteiger partial charge in [0.1, 0.15) is 5.75 Å². The van der Waals surface area contributed by atoms with Crippen LogP contribution in [0.15, 0.2) is 41.5 Å². The molecule has 0 fully saturated rings. The van der Waals surface area contributed by atoms with Crippen LogP contribution in [-0.4, -0.2) is 5.97 Å². The van der Waals surface area contributed by atoms with Gasteiger partial charge in [-0.05, 0) is 54.1 Å². The number of allylic oxidation sites excluding steroid dienone is 3. The van der Waals surface area contributed by atoms with E-state index in [0.717, 1.165) is 28.9 Å². The van der Waals surface area contributed by atoms with E-state index in [-0.39, 0.29) is 11.9 Å². The molecule has 4 rings (SSSR count). The molecule has 0 heterocycles. The van der Waals surface area contributed by atoms with E-state index in [1.807, 2.05) is 0 Å². The minimum absolute atomic E-state index is 0.158. The largest absolute Gasteiger partial charge is 0.423 e. The minimum Gasteiger partial charge on any atom is -0.423 e. The lowest BCUT2D eigenvalue weighted by Gasteiger charge is -2.41. The Hall–Kier alpha value is -1.83. The number of esters is 1. The SMILES string of the molecule is CC1=CC2C(C(=O)Oc3c(C(C)C)cccc3C(C)C)=C[C@@H]1CC2C(C)C. The van der Waals surface area contributed by atoms with E-state index in [2.05, 4.69) is 78.8 Å². The van der Waals surface area contributed by atoms with Gasteiger partial charge in [0.2, 0.25) is 0 Å². The van der Waals surface area contributed by atoms with E-state index in [1.165, 1.54) is 5.57 Å². The first-order valence-electron chi connectivity index (χ1n) is 10.5. The van der Waals surface area contributed by atoms with Crippen molar-refractivity contribution in [1.82, 2.24) is 0 Å². The molecule has 0 aliphatic heterocycles. The fraction of sp³-hybridized carbons (Fsp3) is 0.560. The fourth-order valence-electron chi connectivity index (χ4n) is 4.65. The summed E-state index contributed by atoms with van der Waals surface area (Å²) in [7, 11) is 0. The van der Waals surface area contributed by atoms with E-state index in [4.69, 9.17) is 4.74 Å². The number of hydrogen-bond acceptors (Lipinski definition) is 2. The van der Waals surface area contributed by atoms with Crippen LogP contribution in [0.3, 0.4) is 0 Å². The zero-order valence-electron chi connectivity index (χ0n) is 17.9. The first-order valence-corrected chi connectivity index (χ1v) is 10.5. The summed E-state index contributed by atoms with van der Waals surface area (Å²) in [6.07, 6.45) is 5.64. The molecule has 146 valence electrons. The Morgan fingerprint density at radius 2 is 1.59 bits per heavy atom. The van der Waals surface area contributed by atoms with Crippen LogP contribution in [0, 0.1) is 23.7 Å². The van der Waals surface area contributed by atoms with Crippen LogP contribution in [0.25, 0.3) is 0 Å². The lowest BCUT2D eigenvalue weighted by atomic mass is 9.63. The molecule has 0 N–H and O–H groups in total. The Kier molecular flexibility index (Phi) is 5.65. The van der Waals surface area contributed by atoms with Gasteiger partial charge in [0.05, 0.1) is 0 Å². The molecule has 2 nitrogen and oxygen atoms in total. The van der Waals surface area contributed by atoms with E-state index in [0.29, 0.717) is 29.6 Å². The number of carbonyl (C=O) groups is 1. The Labute approximate surface area is 164 Å². The molecule has 0 amide bonds. The standard InChI is InChI=1S/C25H34O2/c1-14(2)19-9-8-10-20(15(3)4)24(19)27-25(26)23-13-18-12-21(16(5)6)22(23)11-17(18)7/h8-11,13-16,18,21-22H,12H2,1-7H3/t18-,21?,22?/m0/s1. The third kappa shape index (κ3) is 3.77. The third-order valence-corrected chi connectivity index (χ3v) is 6.36. The zero-order valence-corrected chi connectivity index (χ0v) is 17.9. The summed E-state index contributed by atoms with van der Waals surface area (Å²) in [5, 5.41) is 0. The van der Waals surface area contributed by atoms with E-state index in [1.54, 1.807) is 0 Å². The van der Waals surface area contributed by atoms with Crippen LogP contribution in [0.1, 0.15) is 77.8 Å². The number of carbonyl (C=O) groups excluding carboxylic acids is 1. The highest BCUT2D eigenvalue weighted by molar-refractivity contribution is 5.92. The molecule has 1 aromatic rings. The van der Waals surface area contributed by atoms with Gasteiger partial charge in [-0.1, -0.05) is 77.5 Å². The molecule has 27 heavy (non-hydrogen) atoms. The monoisotopic (exact) mass is 366 g/mol. The van der Waals surface area contributed by atoms with Gasteiger partial charge < -0.3 is 4.74 Å². The zero-order chi connectivity index (χ0) is 19.9. The number of benzene rings is 1. The van der Waals surface area contributed by atoms with Crippen LogP contribution < -0.4 is 4.74 Å². The molecule has 3 atom stereocenters. The first kappa shape index (κ1) is 19.9. The van der Waals surface area contributed by atoms with Gasteiger partial charge in [-0.15, -0.1) is 0 Å². The molecule has 2 bridgehead atoms. The van der Waals surface area contributed by atoms with Crippen LogP contribution in [0.2, 0.25) is 0 Å². The number of fused-ring (bicyclic) bond motifs is 1. The minimum atomic E-state index is -0.158. The average molecular weight is 367 g/mol. The highest BCUT2D eigenvalue weighted by atomic mass is 16.5. The quantitative estimate of drug-likeness (QED) is 0.332. The van der Waals surface area contributed by atoms with Crippen LogP contribution in [-0.2, 0) is 4.79 Å². The maximum atomic E-state index is 13.3. The van der Waals surface area contributed by atoms with Crippen molar-refractivity contribution < 1.29 is 9.53 Å². The van der Waals surface area contributed by atoms with Crippen molar-refractivity contribution in [2.24, 2.45) is 23.7 Å². The van der Waals surface area contributed by atoms with Crippen molar-refractivity contribution in [3.8, 4) is 5.75 Å². The molecule has 1 aromatic carbocycles. The molecule has 2 heteroatoms. The number of ether oxygens (including phenoxy) is 1. The van der Waals surface area contributed by atoms with Crippen molar-refractivity contribution in [1.29, 1.82) is 0 Å². The summed E-state index contributed by atoms with van der Waals surface area (Å²) < 4.78 is 6.12. The van der Waals surface area contributed by atoms with E-state index >= 15 is 0 Å². The lowest BCUT2D eigenvalue weighted by Crippen LogP contribution is -2.36. The Bertz CT molecular complexity index is 753. The van der Waals surface area contributed by atoms with Crippen LogP contribution in [0.4, 0.5) is 0 Å². The van der Waals surface area contributed by atoms with E-state index in [9.17, 15) is 4.79 Å². The van der Waals surface area contributed by atoms with Gasteiger partial charge in [0.15, 0.2) is 0 Å². The van der Waals surface area contributed by atoms with Gasteiger partial charge in [-0.3, -0.25) is 0 Å². The highest BCUT2D eigenvalue weighted by Gasteiger charge is 2.40. The molecule has 0 radical (unpaired) electrons. The highest BCUT2D eigenvalue weighted by Crippen LogP contribution is 2.47. The number of para-hydroxylation sites is 1. The van der Waals surface area contributed by atoms with Gasteiger partial charge >= 0.3 is 5.97 Å². The van der Waals surface area contributed by atoms with Crippen molar-refractivity contribution >= 4 is 5.97 Å². The average Bonchev–Trinajstić information content (AvgIpc) is 2.61. The van der Waals surface area contributed by atoms with Crippen molar-refractivity contribution in [2.45, 2.75) is 66.7 Å². The maximum absolute atomic E-state index is 13.3. The molecule has 3 aliphatic rings. The third-order valence-electron chi connectivity index (χ3n) is 6.36. The van der Waals surface area contributed by atoms with Gasteiger partial charge in [-0.25, -0.2) is 4.79 Å². The van der Waals surface area contributed by atoms with Gasteiger partial charge in [0.25, 0.3) is 0 Å². The molecule has 3 aliphatic carbocycles. The number of hydrogen-bond donors (Lipinski definition) is 0. The predicted octanol–water partition coefficient (Wildman–Crippen LogP) is 6.63. The summed E-state index contributed by atoms with van der Waals surface area (Å²) in [6, 6.07) is 6.24. The smallest absolute Gasteiger partial charge is 0.339 e. The fourth-order valence-corrected chi connectivity index (χ4v) is 4.65. The molecular weight excluding hydrogens is 332 g/mol. The van der Waals surface area contributed by atoms with Crippen LogP contribution >= 0.6 is 0 Å². The summed E-state index contributed by atoms with van der Waals surface area (Å²) in [6.45, 7) is 15.3. The lowest BCUT2D eigenvalue weighted by molar-refractivity contribution is -0.131. The predicted molar refractivity (Wildman–Crippen MR) is 112 cm³/mol. The molecule has 0 saturated carbocycles. The molecule has 0 aromatic heterocycles. The van der Waals surface area contributed by atoms with Gasteiger partial charge in [-0.2, -0.15) is 0 Å². The second-order valence-corrected chi connectivity index (χ2v) is 9.27. The molecule has 0 saturated heterocycles. The van der Waals surface area contributed by atoms with E-state index < -0.39 is 0 Å². The summed E-state index contributed by atoms with van der Waals surface area (Å²) in [5.74, 6) is 2.91. The summed E-state index contributed by atoms with van der Waals surface area (Å²) >= 11 is 0. The number of rotatable bonds is 5. The topological polar surface area (TPSA) is 26.3 Å². The molecule has 2 unspecified atom stereocenters. The Morgan fingerprint density at radius 3 is 2.07 bits per heavy atom. The summed E-state index contributed by atoms with van der Waals surface area (Å²) in [5.41, 5.74) is 4.49. The maximum Gasteiger partial charge on any atom is 0.339 e. The van der Waals surface area contributed by atoms with Gasteiger partial charge in [0, 0.05) is 11.5 Å². The van der Waals surface area contributed by atoms with Crippen LogP contribution in [0.5, 0.6) is 5.75 Å². The Morgan fingerprint density at radius 1 is 1.00 bits per heavy atom. The Balaban J connectivity index is 1.94. The van der Waals surface area contributed by atoms with Crippen molar-refractivity contribution in [2.75, 3.05) is 0 Å². The molecular formula is C25H34O2. The normalized spacial score (nSPS) is 24.4. The first-order chi connectivity index (χ1) is 12.7. The van der Waals surface area contributed by atoms with Crippen molar-refractivity contribution in [3.63, 3.8) is 0 Å². The van der Waals surface area contributed by atoms with Crippen molar-refractivity contribution in [3.05, 3.63) is 52.6 Å².